The molecule has 3 rings (SSSR count). The van der Waals surface area contributed by atoms with Crippen LogP contribution in [0.15, 0.2) is 12.3 Å². The zero-order valence-corrected chi connectivity index (χ0v) is 9.72. The smallest absolute Gasteiger partial charge is 0.223 e. The van der Waals surface area contributed by atoms with Crippen molar-refractivity contribution >= 4 is 5.91 Å². The maximum absolute atomic E-state index is 11.9. The van der Waals surface area contributed by atoms with E-state index in [2.05, 4.69) is 10.2 Å². The predicted octanol–water partition coefficient (Wildman–Crippen LogP) is 0.630. The molecular weight excluding hydrogens is 218 g/mol. The summed E-state index contributed by atoms with van der Waals surface area (Å²) in [5, 5.41) is 16.8. The second-order valence-electron chi connectivity index (χ2n) is 5.25. The van der Waals surface area contributed by atoms with Crippen molar-refractivity contribution in [3.63, 3.8) is 0 Å². The fourth-order valence-corrected chi connectivity index (χ4v) is 2.52. The van der Waals surface area contributed by atoms with Crippen LogP contribution in [0.2, 0.25) is 0 Å². The monoisotopic (exact) mass is 235 g/mol. The van der Waals surface area contributed by atoms with E-state index >= 15 is 0 Å². The first-order valence-corrected chi connectivity index (χ1v) is 6.17. The molecule has 0 spiro atoms. The van der Waals surface area contributed by atoms with Gasteiger partial charge >= 0.3 is 0 Å². The number of nitrogens with one attached hydrogen (secondary N) is 1. The lowest BCUT2D eigenvalue weighted by molar-refractivity contribution is -0.159. The lowest BCUT2D eigenvalue weighted by Gasteiger charge is -2.46. The van der Waals surface area contributed by atoms with Crippen LogP contribution < -0.4 is 0 Å². The van der Waals surface area contributed by atoms with Crippen LogP contribution in [-0.2, 0) is 10.4 Å². The van der Waals surface area contributed by atoms with Crippen molar-refractivity contribution < 1.29 is 9.90 Å². The Morgan fingerprint density at radius 3 is 2.88 bits per heavy atom. The number of amides is 1. The number of rotatable bonds is 3. The van der Waals surface area contributed by atoms with E-state index in [0.717, 1.165) is 0 Å². The molecule has 1 saturated heterocycles. The van der Waals surface area contributed by atoms with Gasteiger partial charge in [0.15, 0.2) is 0 Å². The highest BCUT2D eigenvalue weighted by molar-refractivity contribution is 5.77. The Morgan fingerprint density at radius 2 is 2.35 bits per heavy atom. The third-order valence-corrected chi connectivity index (χ3v) is 3.95. The summed E-state index contributed by atoms with van der Waals surface area (Å²) in [6, 6.07) is 1.76. The zero-order chi connectivity index (χ0) is 11.9. The van der Waals surface area contributed by atoms with E-state index in [4.69, 9.17) is 0 Å². The van der Waals surface area contributed by atoms with Gasteiger partial charge in [0.1, 0.15) is 5.60 Å². The molecule has 1 amide bonds. The fraction of sp³-hybridized carbons (Fsp3) is 0.667. The van der Waals surface area contributed by atoms with Gasteiger partial charge in [-0.05, 0) is 24.8 Å². The second-order valence-corrected chi connectivity index (χ2v) is 5.25. The lowest BCUT2D eigenvalue weighted by Crippen LogP contribution is -2.61. The zero-order valence-electron chi connectivity index (χ0n) is 9.72. The number of likely N-dealkylation sites (tertiary alicyclic amines) is 1. The van der Waals surface area contributed by atoms with Gasteiger partial charge < -0.3 is 10.0 Å². The molecule has 0 aromatic carbocycles. The first kappa shape index (κ1) is 10.8. The number of aliphatic hydroxyl groups is 1. The number of β-amino-alcohol motifs (C(OH)–C–C–N with tert-alkyl or cyclic N) is 1. The van der Waals surface area contributed by atoms with Crippen LogP contribution >= 0.6 is 0 Å². The van der Waals surface area contributed by atoms with Gasteiger partial charge in [0.25, 0.3) is 0 Å². The van der Waals surface area contributed by atoms with Crippen molar-refractivity contribution in [3.8, 4) is 0 Å². The molecule has 2 aliphatic rings. The van der Waals surface area contributed by atoms with E-state index in [-0.39, 0.29) is 5.91 Å². The van der Waals surface area contributed by atoms with Gasteiger partial charge in [-0.3, -0.25) is 9.89 Å². The molecule has 5 nitrogen and oxygen atoms in total. The first-order valence-electron chi connectivity index (χ1n) is 6.17. The molecule has 0 bridgehead atoms. The highest BCUT2D eigenvalue weighted by Crippen LogP contribution is 2.34. The molecule has 2 heterocycles. The Balaban J connectivity index is 1.55. The van der Waals surface area contributed by atoms with Crippen LogP contribution in [0.3, 0.4) is 0 Å². The van der Waals surface area contributed by atoms with E-state index in [1.54, 1.807) is 17.2 Å². The number of hydrogen-bond acceptors (Lipinski definition) is 3. The number of aromatic amines is 1. The molecule has 92 valence electrons. The Bertz CT molecular complexity index is 405. The minimum Gasteiger partial charge on any atom is -0.380 e. The van der Waals surface area contributed by atoms with Crippen LogP contribution in [0.4, 0.5) is 0 Å². The molecule has 0 radical (unpaired) electrons. The van der Waals surface area contributed by atoms with Crippen molar-refractivity contribution in [1.82, 2.24) is 15.1 Å². The molecule has 1 aliphatic heterocycles. The number of aromatic nitrogens is 2. The highest BCUT2D eigenvalue weighted by atomic mass is 16.3. The molecule has 17 heavy (non-hydrogen) atoms. The van der Waals surface area contributed by atoms with Gasteiger partial charge in [-0.1, -0.05) is 6.42 Å². The first-order chi connectivity index (χ1) is 8.17. The third kappa shape index (κ3) is 1.84. The standard InChI is InChI=1S/C12H17N3O2/c16-11(6-9-2-1-3-9)15-7-12(17,8-15)10-4-5-13-14-10/h4-5,9,17H,1-3,6-8H2,(H,13,14). The molecule has 1 saturated carbocycles. The number of carbonyl (C=O) groups is 1. The van der Waals surface area contributed by atoms with Gasteiger partial charge in [-0.2, -0.15) is 5.10 Å². The molecule has 0 unspecified atom stereocenters. The maximum Gasteiger partial charge on any atom is 0.223 e. The normalized spacial score (nSPS) is 23.0. The molecular formula is C12H17N3O2. The number of carbonyl (C=O) groups excluding carboxylic acids is 1. The van der Waals surface area contributed by atoms with Gasteiger partial charge in [-0.25, -0.2) is 0 Å². The van der Waals surface area contributed by atoms with Crippen molar-refractivity contribution in [2.75, 3.05) is 13.1 Å². The molecule has 0 atom stereocenters. The summed E-state index contributed by atoms with van der Waals surface area (Å²) in [4.78, 5) is 13.6. The topological polar surface area (TPSA) is 69.2 Å². The van der Waals surface area contributed by atoms with E-state index in [1.807, 2.05) is 0 Å². The maximum atomic E-state index is 11.9. The predicted molar refractivity (Wildman–Crippen MR) is 61.0 cm³/mol. The summed E-state index contributed by atoms with van der Waals surface area (Å²) < 4.78 is 0. The van der Waals surface area contributed by atoms with Crippen LogP contribution in [0.25, 0.3) is 0 Å². The summed E-state index contributed by atoms with van der Waals surface area (Å²) in [6.45, 7) is 0.779. The van der Waals surface area contributed by atoms with Crippen LogP contribution in [0.5, 0.6) is 0 Å². The van der Waals surface area contributed by atoms with Crippen molar-refractivity contribution in [1.29, 1.82) is 0 Å². The minimum atomic E-state index is -0.911. The third-order valence-electron chi connectivity index (χ3n) is 3.95. The van der Waals surface area contributed by atoms with Crippen LogP contribution in [0.1, 0.15) is 31.4 Å². The summed E-state index contributed by atoms with van der Waals surface area (Å²) in [7, 11) is 0. The largest absolute Gasteiger partial charge is 0.380 e. The van der Waals surface area contributed by atoms with Crippen molar-refractivity contribution in [3.05, 3.63) is 18.0 Å². The van der Waals surface area contributed by atoms with E-state index < -0.39 is 5.60 Å². The summed E-state index contributed by atoms with van der Waals surface area (Å²) in [5.74, 6) is 0.766. The lowest BCUT2D eigenvalue weighted by atomic mass is 9.81. The Morgan fingerprint density at radius 1 is 1.59 bits per heavy atom. The van der Waals surface area contributed by atoms with Gasteiger partial charge in [0.2, 0.25) is 5.91 Å². The van der Waals surface area contributed by atoms with E-state index in [0.29, 0.717) is 31.1 Å². The summed E-state index contributed by atoms with van der Waals surface area (Å²) in [6.07, 6.45) is 5.90. The molecule has 5 heteroatoms. The average molecular weight is 235 g/mol. The van der Waals surface area contributed by atoms with Gasteiger partial charge in [-0.15, -0.1) is 0 Å². The van der Waals surface area contributed by atoms with E-state index in [9.17, 15) is 9.90 Å². The molecule has 2 N–H and O–H groups in total. The quantitative estimate of drug-likeness (QED) is 0.807. The van der Waals surface area contributed by atoms with Gasteiger partial charge in [0.05, 0.1) is 18.8 Å². The highest BCUT2D eigenvalue weighted by Gasteiger charge is 2.46. The summed E-state index contributed by atoms with van der Waals surface area (Å²) >= 11 is 0. The number of nitrogens with zero attached hydrogens (tertiary/aromatic N) is 2. The van der Waals surface area contributed by atoms with Crippen LogP contribution in [0, 0.1) is 5.92 Å². The molecule has 1 aromatic heterocycles. The number of H-pyrrole nitrogens is 1. The number of hydrogen-bond donors (Lipinski definition) is 2. The van der Waals surface area contributed by atoms with Crippen molar-refractivity contribution in [2.24, 2.45) is 5.92 Å². The van der Waals surface area contributed by atoms with Crippen LogP contribution in [-0.4, -0.2) is 39.2 Å². The van der Waals surface area contributed by atoms with Crippen molar-refractivity contribution in [2.45, 2.75) is 31.3 Å². The Hall–Kier alpha value is -1.36. The van der Waals surface area contributed by atoms with Gasteiger partial charge in [0, 0.05) is 12.6 Å². The Kier molecular flexibility index (Phi) is 2.43. The second kappa shape index (κ2) is 3.84. The average Bonchev–Trinajstić information content (AvgIpc) is 2.72. The molecule has 1 aliphatic carbocycles. The van der Waals surface area contributed by atoms with E-state index in [1.165, 1.54) is 19.3 Å². The molecule has 1 aromatic rings. The minimum absolute atomic E-state index is 0.180. The molecule has 2 fully saturated rings. The summed E-state index contributed by atoms with van der Waals surface area (Å²) in [5.41, 5.74) is -0.212. The SMILES string of the molecule is O=C(CC1CCC1)N1CC(O)(c2ccn[nH]2)C1. The Labute approximate surface area is 99.8 Å². The fourth-order valence-electron chi connectivity index (χ4n) is 2.52.